The van der Waals surface area contributed by atoms with Crippen molar-refractivity contribution in [2.75, 3.05) is 13.2 Å². The fourth-order valence-electron chi connectivity index (χ4n) is 3.75. The van der Waals surface area contributed by atoms with Crippen LogP contribution in [0, 0.1) is 12.8 Å². The molecule has 5 nitrogen and oxygen atoms in total. The van der Waals surface area contributed by atoms with Crippen LogP contribution >= 0.6 is 34.8 Å². The molecule has 0 aliphatic carbocycles. The molecule has 0 aliphatic heterocycles. The topological polar surface area (TPSA) is 58.6 Å². The zero-order chi connectivity index (χ0) is 26.9. The maximum Gasteiger partial charge on any atom is 0.261 e. The number of rotatable bonds is 11. The van der Waals surface area contributed by atoms with Crippen molar-refractivity contribution < 1.29 is 14.3 Å². The SMILES string of the molecule is Cc1cc(OCC(=O)N(Cc2ccc(Cl)c(Cl)c2)[C@H](Cc2ccccc2)C(=O)NCC(C)C)ccc1Cl. The van der Waals surface area contributed by atoms with Crippen molar-refractivity contribution in [1.29, 1.82) is 0 Å². The predicted molar refractivity (Wildman–Crippen MR) is 150 cm³/mol. The Morgan fingerprint density at radius 2 is 1.59 bits per heavy atom. The lowest BCUT2D eigenvalue weighted by Crippen LogP contribution is -2.52. The molecule has 0 spiro atoms. The maximum absolute atomic E-state index is 13.6. The Morgan fingerprint density at radius 3 is 2.24 bits per heavy atom. The van der Waals surface area contributed by atoms with Crippen LogP contribution < -0.4 is 10.1 Å². The molecule has 1 N–H and O–H groups in total. The standard InChI is InChI=1S/C29H31Cl3N2O3/c1-19(2)16-33-29(36)27(15-21-7-5-4-6-8-21)34(17-22-9-11-25(31)26(32)14-22)28(35)18-37-23-10-12-24(30)20(3)13-23/h4-14,19,27H,15-18H2,1-3H3,(H,33,36)/t27-/m1/s1. The van der Waals surface area contributed by atoms with E-state index in [1.807, 2.05) is 51.1 Å². The number of benzene rings is 3. The first-order valence-electron chi connectivity index (χ1n) is 12.1. The molecule has 0 saturated heterocycles. The molecule has 0 heterocycles. The molecule has 0 unspecified atom stereocenters. The lowest BCUT2D eigenvalue weighted by molar-refractivity contribution is -0.142. The number of nitrogens with zero attached hydrogens (tertiary/aromatic N) is 1. The maximum atomic E-state index is 13.6. The van der Waals surface area contributed by atoms with E-state index in [4.69, 9.17) is 39.5 Å². The number of hydrogen-bond acceptors (Lipinski definition) is 3. The van der Waals surface area contributed by atoms with Gasteiger partial charge in [-0.1, -0.05) is 85.0 Å². The second-order valence-electron chi connectivity index (χ2n) is 9.31. The Morgan fingerprint density at radius 1 is 0.892 bits per heavy atom. The summed E-state index contributed by atoms with van der Waals surface area (Å²) in [4.78, 5) is 28.6. The smallest absolute Gasteiger partial charge is 0.261 e. The van der Waals surface area contributed by atoms with Gasteiger partial charge in [0.05, 0.1) is 10.0 Å². The fraction of sp³-hybridized carbons (Fsp3) is 0.310. The average molecular weight is 562 g/mol. The van der Waals surface area contributed by atoms with Crippen molar-refractivity contribution in [3.05, 3.63) is 98.5 Å². The van der Waals surface area contributed by atoms with Gasteiger partial charge in [0.2, 0.25) is 5.91 Å². The van der Waals surface area contributed by atoms with Crippen LogP contribution in [-0.4, -0.2) is 35.9 Å². The summed E-state index contributed by atoms with van der Waals surface area (Å²) < 4.78 is 5.81. The highest BCUT2D eigenvalue weighted by Crippen LogP contribution is 2.25. The van der Waals surface area contributed by atoms with E-state index >= 15 is 0 Å². The molecule has 3 rings (SSSR count). The summed E-state index contributed by atoms with van der Waals surface area (Å²) in [6.07, 6.45) is 0.345. The van der Waals surface area contributed by atoms with Gasteiger partial charge in [-0.3, -0.25) is 9.59 Å². The first-order valence-corrected chi connectivity index (χ1v) is 13.2. The number of carbonyl (C=O) groups excluding carboxylic acids is 2. The van der Waals surface area contributed by atoms with Gasteiger partial charge < -0.3 is 15.0 Å². The normalized spacial score (nSPS) is 11.8. The monoisotopic (exact) mass is 560 g/mol. The molecule has 1 atom stereocenters. The molecular formula is C29H31Cl3N2O3. The minimum absolute atomic E-state index is 0.158. The molecule has 8 heteroatoms. The second-order valence-corrected chi connectivity index (χ2v) is 10.5. The van der Waals surface area contributed by atoms with E-state index in [1.165, 1.54) is 0 Å². The molecule has 37 heavy (non-hydrogen) atoms. The number of amides is 2. The summed E-state index contributed by atoms with van der Waals surface area (Å²) in [5, 5.41) is 4.41. The molecule has 0 saturated carbocycles. The molecule has 0 aliphatic rings. The molecule has 0 radical (unpaired) electrons. The third-order valence-corrected chi connectivity index (χ3v) is 6.95. The van der Waals surface area contributed by atoms with Gasteiger partial charge in [0.1, 0.15) is 11.8 Å². The van der Waals surface area contributed by atoms with E-state index in [1.54, 1.807) is 41.3 Å². The van der Waals surface area contributed by atoms with Crippen molar-refractivity contribution in [2.24, 2.45) is 5.92 Å². The summed E-state index contributed by atoms with van der Waals surface area (Å²) in [7, 11) is 0. The van der Waals surface area contributed by atoms with Crippen molar-refractivity contribution in [3.8, 4) is 5.75 Å². The van der Waals surface area contributed by atoms with Crippen LogP contribution in [-0.2, 0) is 22.6 Å². The van der Waals surface area contributed by atoms with Crippen LogP contribution in [0.2, 0.25) is 15.1 Å². The largest absolute Gasteiger partial charge is 0.484 e. The van der Waals surface area contributed by atoms with Crippen LogP contribution in [0.15, 0.2) is 66.7 Å². The number of nitrogens with one attached hydrogen (secondary N) is 1. The molecular weight excluding hydrogens is 531 g/mol. The van der Waals surface area contributed by atoms with Crippen LogP contribution in [0.5, 0.6) is 5.75 Å². The van der Waals surface area contributed by atoms with Gasteiger partial charge in [-0.05, 0) is 59.9 Å². The molecule has 196 valence electrons. The van der Waals surface area contributed by atoms with Crippen LogP contribution in [0.3, 0.4) is 0 Å². The summed E-state index contributed by atoms with van der Waals surface area (Å²) >= 11 is 18.5. The highest BCUT2D eigenvalue weighted by molar-refractivity contribution is 6.42. The Kier molecular flexibility index (Phi) is 10.7. The van der Waals surface area contributed by atoms with E-state index in [-0.39, 0.29) is 30.9 Å². The number of halogens is 3. The lowest BCUT2D eigenvalue weighted by atomic mass is 10.0. The predicted octanol–water partition coefficient (Wildman–Crippen LogP) is 6.75. The molecule has 3 aromatic rings. The van der Waals surface area contributed by atoms with Gasteiger partial charge >= 0.3 is 0 Å². The minimum atomic E-state index is -0.765. The quantitative estimate of drug-likeness (QED) is 0.282. The summed E-state index contributed by atoms with van der Waals surface area (Å²) in [5.41, 5.74) is 2.53. The third-order valence-electron chi connectivity index (χ3n) is 5.78. The van der Waals surface area contributed by atoms with Crippen molar-refractivity contribution in [1.82, 2.24) is 10.2 Å². The Hall–Kier alpha value is -2.73. The Bertz CT molecular complexity index is 1220. The number of aryl methyl sites for hydroxylation is 1. The average Bonchev–Trinajstić information content (AvgIpc) is 2.87. The minimum Gasteiger partial charge on any atom is -0.484 e. The first kappa shape index (κ1) is 28.8. The zero-order valence-corrected chi connectivity index (χ0v) is 23.4. The number of hydrogen-bond donors (Lipinski definition) is 1. The van der Waals surface area contributed by atoms with Gasteiger partial charge in [0, 0.05) is 24.5 Å². The number of carbonyl (C=O) groups is 2. The second kappa shape index (κ2) is 13.7. The van der Waals surface area contributed by atoms with Crippen molar-refractivity contribution in [3.63, 3.8) is 0 Å². The van der Waals surface area contributed by atoms with E-state index in [0.717, 1.165) is 16.7 Å². The van der Waals surface area contributed by atoms with Crippen LogP contribution in [0.4, 0.5) is 0 Å². The van der Waals surface area contributed by atoms with Gasteiger partial charge in [0.25, 0.3) is 5.91 Å². The molecule has 2 amide bonds. The molecule has 3 aromatic carbocycles. The summed E-state index contributed by atoms with van der Waals surface area (Å²) in [5.74, 6) is 0.221. The van der Waals surface area contributed by atoms with Crippen LogP contribution in [0.25, 0.3) is 0 Å². The lowest BCUT2D eigenvalue weighted by Gasteiger charge is -2.32. The van der Waals surface area contributed by atoms with E-state index in [9.17, 15) is 9.59 Å². The van der Waals surface area contributed by atoms with E-state index < -0.39 is 6.04 Å². The first-order chi connectivity index (χ1) is 17.6. The fourth-order valence-corrected chi connectivity index (χ4v) is 4.18. The highest BCUT2D eigenvalue weighted by atomic mass is 35.5. The molecule has 0 fully saturated rings. The molecule has 0 bridgehead atoms. The van der Waals surface area contributed by atoms with Crippen molar-refractivity contribution >= 4 is 46.6 Å². The van der Waals surface area contributed by atoms with E-state index in [0.29, 0.717) is 33.8 Å². The third kappa shape index (κ3) is 8.67. The number of ether oxygens (including phenoxy) is 1. The Balaban J connectivity index is 1.92. The molecule has 0 aromatic heterocycles. The van der Waals surface area contributed by atoms with Gasteiger partial charge in [-0.15, -0.1) is 0 Å². The van der Waals surface area contributed by atoms with Gasteiger partial charge in [-0.2, -0.15) is 0 Å². The Labute approximate surface area is 233 Å². The van der Waals surface area contributed by atoms with E-state index in [2.05, 4.69) is 5.32 Å². The summed E-state index contributed by atoms with van der Waals surface area (Å²) in [6, 6.07) is 19.2. The summed E-state index contributed by atoms with van der Waals surface area (Å²) in [6.45, 7) is 6.32. The van der Waals surface area contributed by atoms with Crippen molar-refractivity contribution in [2.45, 2.75) is 39.8 Å². The zero-order valence-electron chi connectivity index (χ0n) is 21.1. The van der Waals surface area contributed by atoms with Gasteiger partial charge in [0.15, 0.2) is 6.61 Å². The highest BCUT2D eigenvalue weighted by Gasteiger charge is 2.31. The van der Waals surface area contributed by atoms with Gasteiger partial charge in [-0.25, -0.2) is 0 Å². The van der Waals surface area contributed by atoms with Crippen LogP contribution in [0.1, 0.15) is 30.5 Å².